The van der Waals surface area contributed by atoms with E-state index in [4.69, 9.17) is 17.3 Å². The van der Waals surface area contributed by atoms with Crippen LogP contribution in [0.5, 0.6) is 0 Å². The number of benzene rings is 1. The smallest absolute Gasteiger partial charge is 0.0635 e. The normalized spacial score (nSPS) is 12.6. The zero-order valence-corrected chi connectivity index (χ0v) is 10.8. The molecule has 1 atom stereocenters. The number of nitrogens with zero attached hydrogens (tertiary/aromatic N) is 2. The second kappa shape index (κ2) is 4.89. The molecule has 0 saturated carbocycles. The van der Waals surface area contributed by atoms with E-state index in [1.54, 1.807) is 29.1 Å². The summed E-state index contributed by atoms with van der Waals surface area (Å²) in [6.45, 7) is 0. The second-order valence-electron chi connectivity index (χ2n) is 3.69. The Bertz CT molecular complexity index is 568. The van der Waals surface area contributed by atoms with E-state index < -0.39 is 10.8 Å². The van der Waals surface area contributed by atoms with Gasteiger partial charge in [0.25, 0.3) is 0 Å². The average Bonchev–Trinajstić information content (AvgIpc) is 2.67. The molecule has 0 radical (unpaired) electrons. The van der Waals surface area contributed by atoms with Gasteiger partial charge in [0, 0.05) is 29.5 Å². The zero-order chi connectivity index (χ0) is 12.4. The van der Waals surface area contributed by atoms with Crippen LogP contribution in [0.25, 0.3) is 0 Å². The Balaban J connectivity index is 2.22. The topological polar surface area (TPSA) is 60.9 Å². The standard InChI is InChI=1S/C11H12ClN3OS/c1-15-6-8(5-14-15)7-17(16)11-4-9(12)2-3-10(11)13/h2-6H,7,13H2,1H3. The molecule has 4 nitrogen and oxygen atoms in total. The molecular formula is C11H12ClN3OS. The van der Waals surface area contributed by atoms with E-state index >= 15 is 0 Å². The number of aromatic nitrogens is 2. The van der Waals surface area contributed by atoms with Crippen molar-refractivity contribution in [2.75, 3.05) is 5.73 Å². The molecule has 17 heavy (non-hydrogen) atoms. The molecule has 2 rings (SSSR count). The van der Waals surface area contributed by atoms with E-state index in [-0.39, 0.29) is 0 Å². The fourth-order valence-electron chi connectivity index (χ4n) is 1.48. The maximum atomic E-state index is 12.1. The van der Waals surface area contributed by atoms with Crippen molar-refractivity contribution < 1.29 is 4.21 Å². The maximum absolute atomic E-state index is 12.1. The Morgan fingerprint density at radius 1 is 1.53 bits per heavy atom. The third kappa shape index (κ3) is 2.87. The predicted octanol–water partition coefficient (Wildman–Crippen LogP) is 1.96. The minimum absolute atomic E-state index is 0.387. The van der Waals surface area contributed by atoms with Crippen LogP contribution in [0.1, 0.15) is 5.56 Å². The first kappa shape index (κ1) is 12.1. The van der Waals surface area contributed by atoms with E-state index in [2.05, 4.69) is 5.10 Å². The summed E-state index contributed by atoms with van der Waals surface area (Å²) in [7, 11) is 0.614. The van der Waals surface area contributed by atoms with Crippen molar-refractivity contribution in [3.8, 4) is 0 Å². The van der Waals surface area contributed by atoms with Crippen LogP contribution in [0.4, 0.5) is 5.69 Å². The van der Waals surface area contributed by atoms with Crippen molar-refractivity contribution in [2.45, 2.75) is 10.6 Å². The molecule has 6 heteroatoms. The monoisotopic (exact) mass is 269 g/mol. The zero-order valence-electron chi connectivity index (χ0n) is 9.26. The van der Waals surface area contributed by atoms with Gasteiger partial charge in [-0.25, -0.2) is 0 Å². The predicted molar refractivity (Wildman–Crippen MR) is 69.2 cm³/mol. The lowest BCUT2D eigenvalue weighted by Gasteiger charge is -2.05. The summed E-state index contributed by atoms with van der Waals surface area (Å²) in [4.78, 5) is 0.571. The molecule has 1 aromatic carbocycles. The molecule has 1 heterocycles. The molecule has 0 aliphatic carbocycles. The number of rotatable bonds is 3. The molecule has 0 fully saturated rings. The Morgan fingerprint density at radius 3 is 2.94 bits per heavy atom. The summed E-state index contributed by atoms with van der Waals surface area (Å²) in [5.74, 6) is 0.387. The van der Waals surface area contributed by atoms with E-state index in [1.165, 1.54) is 0 Å². The lowest BCUT2D eigenvalue weighted by atomic mass is 10.3. The number of nitrogens with two attached hydrogens (primary N) is 1. The van der Waals surface area contributed by atoms with Crippen molar-refractivity contribution in [3.63, 3.8) is 0 Å². The lowest BCUT2D eigenvalue weighted by Crippen LogP contribution is -2.00. The van der Waals surface area contributed by atoms with Gasteiger partial charge in [0.05, 0.1) is 27.6 Å². The number of halogens is 1. The highest BCUT2D eigenvalue weighted by Gasteiger charge is 2.10. The third-order valence-electron chi connectivity index (χ3n) is 2.28. The van der Waals surface area contributed by atoms with Gasteiger partial charge in [0.1, 0.15) is 0 Å². The van der Waals surface area contributed by atoms with Gasteiger partial charge >= 0.3 is 0 Å². The molecule has 0 amide bonds. The SMILES string of the molecule is Cn1cc(CS(=O)c2cc(Cl)ccc2N)cn1. The molecule has 1 aromatic heterocycles. The van der Waals surface area contributed by atoms with Crippen molar-refractivity contribution in [1.29, 1.82) is 0 Å². The van der Waals surface area contributed by atoms with Crippen molar-refractivity contribution in [2.24, 2.45) is 7.05 Å². The number of nitrogen functional groups attached to an aromatic ring is 1. The Morgan fingerprint density at radius 2 is 2.29 bits per heavy atom. The second-order valence-corrected chi connectivity index (χ2v) is 5.55. The van der Waals surface area contributed by atoms with Crippen LogP contribution in [0.15, 0.2) is 35.5 Å². The molecular weight excluding hydrogens is 258 g/mol. The number of aryl methyl sites for hydroxylation is 1. The van der Waals surface area contributed by atoms with Gasteiger partial charge < -0.3 is 5.73 Å². The average molecular weight is 270 g/mol. The number of hydrogen-bond acceptors (Lipinski definition) is 3. The molecule has 2 N–H and O–H groups in total. The van der Waals surface area contributed by atoms with Crippen LogP contribution < -0.4 is 5.73 Å². The lowest BCUT2D eigenvalue weighted by molar-refractivity contribution is 0.683. The minimum atomic E-state index is -1.21. The van der Waals surface area contributed by atoms with Crippen LogP contribution in [-0.2, 0) is 23.6 Å². The van der Waals surface area contributed by atoms with Gasteiger partial charge in [-0.15, -0.1) is 0 Å². The molecule has 0 aliphatic rings. The summed E-state index contributed by atoms with van der Waals surface area (Å²) >= 11 is 5.86. The highest BCUT2D eigenvalue weighted by Crippen LogP contribution is 2.23. The number of anilines is 1. The molecule has 2 aromatic rings. The van der Waals surface area contributed by atoms with Gasteiger partial charge in [0.2, 0.25) is 0 Å². The van der Waals surface area contributed by atoms with E-state index in [0.29, 0.717) is 21.4 Å². The van der Waals surface area contributed by atoms with Crippen molar-refractivity contribution in [3.05, 3.63) is 41.2 Å². The summed E-state index contributed by atoms with van der Waals surface area (Å²) in [6.07, 6.45) is 3.53. The summed E-state index contributed by atoms with van der Waals surface area (Å²) in [6, 6.07) is 4.99. The highest BCUT2D eigenvalue weighted by atomic mass is 35.5. The fraction of sp³-hybridized carbons (Fsp3) is 0.182. The van der Waals surface area contributed by atoms with E-state index in [1.807, 2.05) is 13.2 Å². The summed E-state index contributed by atoms with van der Waals surface area (Å²) in [5, 5.41) is 4.56. The Hall–Kier alpha value is -1.33. The van der Waals surface area contributed by atoms with Crippen LogP contribution >= 0.6 is 11.6 Å². The molecule has 0 saturated heterocycles. The first-order chi connectivity index (χ1) is 8.06. The van der Waals surface area contributed by atoms with Crippen LogP contribution in [0.3, 0.4) is 0 Å². The minimum Gasteiger partial charge on any atom is -0.398 e. The Labute approximate surface area is 107 Å². The maximum Gasteiger partial charge on any atom is 0.0635 e. The number of hydrogen-bond donors (Lipinski definition) is 1. The molecule has 1 unspecified atom stereocenters. The van der Waals surface area contributed by atoms with Crippen molar-refractivity contribution in [1.82, 2.24) is 9.78 Å². The van der Waals surface area contributed by atoms with Crippen LogP contribution in [-0.4, -0.2) is 14.0 Å². The van der Waals surface area contributed by atoms with Crippen molar-refractivity contribution >= 4 is 28.1 Å². The quantitative estimate of drug-likeness (QED) is 0.867. The van der Waals surface area contributed by atoms with E-state index in [0.717, 1.165) is 5.56 Å². The van der Waals surface area contributed by atoms with Crippen LogP contribution in [0.2, 0.25) is 5.02 Å². The van der Waals surface area contributed by atoms with Gasteiger partial charge in [-0.2, -0.15) is 5.10 Å². The third-order valence-corrected chi connectivity index (χ3v) is 3.95. The van der Waals surface area contributed by atoms with Gasteiger partial charge in [-0.3, -0.25) is 8.89 Å². The Kier molecular flexibility index (Phi) is 3.49. The molecule has 0 bridgehead atoms. The first-order valence-electron chi connectivity index (χ1n) is 4.97. The molecule has 0 aliphatic heterocycles. The van der Waals surface area contributed by atoms with E-state index in [9.17, 15) is 4.21 Å². The first-order valence-corrected chi connectivity index (χ1v) is 6.67. The summed E-state index contributed by atoms with van der Waals surface area (Å²) < 4.78 is 13.8. The van der Waals surface area contributed by atoms with Gasteiger partial charge in [-0.05, 0) is 18.2 Å². The highest BCUT2D eigenvalue weighted by molar-refractivity contribution is 7.84. The molecule has 0 spiro atoms. The fourth-order valence-corrected chi connectivity index (χ4v) is 2.91. The van der Waals surface area contributed by atoms with Crippen LogP contribution in [0, 0.1) is 0 Å². The largest absolute Gasteiger partial charge is 0.398 e. The van der Waals surface area contributed by atoms with Gasteiger partial charge in [0.15, 0.2) is 0 Å². The summed E-state index contributed by atoms with van der Waals surface area (Å²) in [5.41, 5.74) is 7.18. The van der Waals surface area contributed by atoms with Gasteiger partial charge in [-0.1, -0.05) is 11.6 Å². The molecule has 90 valence electrons.